The second-order valence-corrected chi connectivity index (χ2v) is 9.93. The van der Waals surface area contributed by atoms with Gasteiger partial charge in [0.05, 0.1) is 28.3 Å². The number of carbonyl (C=O) groups is 2. The van der Waals surface area contributed by atoms with Gasteiger partial charge in [-0.15, -0.1) is 0 Å². The molecule has 0 aliphatic rings. The molecule has 35 heavy (non-hydrogen) atoms. The van der Waals surface area contributed by atoms with Gasteiger partial charge in [-0.3, -0.25) is 14.9 Å². The van der Waals surface area contributed by atoms with Crippen LogP contribution in [0.25, 0.3) is 0 Å². The lowest BCUT2D eigenvalue weighted by Crippen LogP contribution is -2.18. The lowest BCUT2D eigenvalue weighted by molar-refractivity contribution is -0.388. The van der Waals surface area contributed by atoms with Crippen molar-refractivity contribution in [2.24, 2.45) is 0 Å². The van der Waals surface area contributed by atoms with Crippen molar-refractivity contribution in [1.29, 1.82) is 0 Å². The predicted molar refractivity (Wildman–Crippen MR) is 131 cm³/mol. The molecule has 3 aromatic rings. The number of carbonyl (C=O) groups excluding carboxylic acids is 2. The summed E-state index contributed by atoms with van der Waals surface area (Å²) in [5.41, 5.74) is -1.72. The molecule has 0 aromatic heterocycles. The quantitative estimate of drug-likeness (QED) is 0.162. The van der Waals surface area contributed by atoms with E-state index in [-0.39, 0.29) is 21.3 Å². The summed E-state index contributed by atoms with van der Waals surface area (Å²) in [7, 11) is -3.93. The van der Waals surface area contributed by atoms with Crippen LogP contribution < -0.4 is 9.50 Å². The third kappa shape index (κ3) is 5.90. The van der Waals surface area contributed by atoms with Crippen molar-refractivity contribution < 1.29 is 31.9 Å². The zero-order chi connectivity index (χ0) is 25.9. The molecular formula is C21H13BrCl2N2O8S. The molecule has 0 saturated heterocycles. The van der Waals surface area contributed by atoms with E-state index in [1.807, 2.05) is 0 Å². The molecule has 0 bridgehead atoms. The maximum Gasteiger partial charge on any atom is 0.346 e. The maximum atomic E-state index is 13.0. The number of nitro benzene ring substituents is 1. The van der Waals surface area contributed by atoms with Gasteiger partial charge in [-0.05, 0) is 48.5 Å². The van der Waals surface area contributed by atoms with E-state index in [1.54, 1.807) is 6.07 Å². The average molecular weight is 604 g/mol. The third-order valence-electron chi connectivity index (χ3n) is 4.42. The number of halogens is 3. The number of para-hydroxylation sites is 1. The van der Waals surface area contributed by atoms with E-state index in [9.17, 15) is 28.1 Å². The molecule has 182 valence electrons. The normalized spacial score (nSPS) is 11.0. The monoisotopic (exact) mass is 602 g/mol. The molecule has 1 amide bonds. The van der Waals surface area contributed by atoms with Crippen molar-refractivity contribution in [2.45, 2.75) is 4.90 Å². The molecule has 14 heteroatoms. The molecule has 0 atom stereocenters. The van der Waals surface area contributed by atoms with Crippen molar-refractivity contribution in [3.63, 3.8) is 0 Å². The van der Waals surface area contributed by atoms with Crippen LogP contribution in [0.5, 0.6) is 5.75 Å². The summed E-state index contributed by atoms with van der Waals surface area (Å²) in [4.78, 5) is 34.5. The van der Waals surface area contributed by atoms with Gasteiger partial charge >= 0.3 is 21.8 Å². The lowest BCUT2D eigenvalue weighted by atomic mass is 10.2. The summed E-state index contributed by atoms with van der Waals surface area (Å²) in [6, 6.07) is 11.2. The second-order valence-electron chi connectivity index (χ2n) is 6.66. The Kier molecular flexibility index (Phi) is 8.00. The molecular weight excluding hydrogens is 591 g/mol. The summed E-state index contributed by atoms with van der Waals surface area (Å²) >= 11 is 15.3. The molecule has 0 radical (unpaired) electrons. The number of benzene rings is 3. The summed E-state index contributed by atoms with van der Waals surface area (Å²) in [5.74, 6) is -2.41. The average Bonchev–Trinajstić information content (AvgIpc) is 2.80. The molecule has 1 N–H and O–H groups in total. The minimum Gasteiger partial charge on any atom is -0.465 e. The highest BCUT2D eigenvalue weighted by Crippen LogP contribution is 2.33. The van der Waals surface area contributed by atoms with Gasteiger partial charge in [-0.1, -0.05) is 45.2 Å². The van der Waals surface area contributed by atoms with Crippen molar-refractivity contribution >= 4 is 72.5 Å². The molecule has 0 aliphatic heterocycles. The fraction of sp³-hybridized carbons (Fsp3) is 0.0476. The highest BCUT2D eigenvalue weighted by molar-refractivity contribution is 9.10. The van der Waals surface area contributed by atoms with Crippen molar-refractivity contribution in [2.75, 3.05) is 12.4 Å². The first-order valence-electron chi connectivity index (χ1n) is 9.30. The van der Waals surface area contributed by atoms with Crippen LogP contribution >= 0.6 is 39.1 Å². The summed E-state index contributed by atoms with van der Waals surface area (Å²) in [5, 5.41) is 14.4. The molecule has 0 heterocycles. The van der Waals surface area contributed by atoms with Gasteiger partial charge in [0.1, 0.15) is 5.56 Å². The van der Waals surface area contributed by atoms with Gasteiger partial charge in [0.2, 0.25) is 0 Å². The van der Waals surface area contributed by atoms with Crippen LogP contribution in [-0.2, 0) is 14.9 Å². The summed E-state index contributed by atoms with van der Waals surface area (Å²) in [6.07, 6.45) is 0. The largest absolute Gasteiger partial charge is 0.465 e. The SMILES string of the molecule is COC(=O)c1cccc(S(=O)(=O)Oc2ccc(Cl)cc2C(=O)Nc2ccc(Br)cc2Cl)c1[N+](=O)[O-]. The van der Waals surface area contributed by atoms with Gasteiger partial charge in [0.15, 0.2) is 10.6 Å². The minimum absolute atomic E-state index is 0.0838. The predicted octanol–water partition coefficient (Wildman–Crippen LogP) is 5.47. The van der Waals surface area contributed by atoms with Gasteiger partial charge < -0.3 is 14.2 Å². The van der Waals surface area contributed by atoms with Crippen LogP contribution in [0.4, 0.5) is 11.4 Å². The van der Waals surface area contributed by atoms with Crippen LogP contribution in [0.2, 0.25) is 10.0 Å². The molecule has 0 unspecified atom stereocenters. The Morgan fingerprint density at radius 1 is 1.06 bits per heavy atom. The maximum absolute atomic E-state index is 13.0. The van der Waals surface area contributed by atoms with Gasteiger partial charge in [-0.2, -0.15) is 8.42 Å². The number of hydrogen-bond donors (Lipinski definition) is 1. The van der Waals surface area contributed by atoms with E-state index in [1.165, 1.54) is 18.2 Å². The van der Waals surface area contributed by atoms with Crippen LogP contribution in [0.1, 0.15) is 20.7 Å². The number of methoxy groups -OCH3 is 1. The van der Waals surface area contributed by atoms with E-state index in [0.717, 1.165) is 37.4 Å². The minimum atomic E-state index is -4.91. The Morgan fingerprint density at radius 2 is 1.77 bits per heavy atom. The molecule has 0 aliphatic carbocycles. The van der Waals surface area contributed by atoms with Crippen LogP contribution in [0.3, 0.4) is 0 Å². The van der Waals surface area contributed by atoms with Gasteiger partial charge in [-0.25, -0.2) is 4.79 Å². The zero-order valence-corrected chi connectivity index (χ0v) is 21.4. The Labute approximate surface area is 217 Å². The van der Waals surface area contributed by atoms with Crippen molar-refractivity contribution in [3.8, 4) is 5.75 Å². The van der Waals surface area contributed by atoms with Crippen LogP contribution in [0.15, 0.2) is 64.0 Å². The summed E-state index contributed by atoms with van der Waals surface area (Å²) < 4.78 is 36.3. The first kappa shape index (κ1) is 26.4. The molecule has 0 fully saturated rings. The number of anilines is 1. The Morgan fingerprint density at radius 3 is 2.40 bits per heavy atom. The van der Waals surface area contributed by atoms with Crippen molar-refractivity contribution in [1.82, 2.24) is 0 Å². The van der Waals surface area contributed by atoms with Gasteiger partial charge in [0, 0.05) is 9.50 Å². The Hall–Kier alpha value is -3.19. The number of nitro groups is 1. The number of esters is 1. The first-order valence-corrected chi connectivity index (χ1v) is 12.3. The first-order chi connectivity index (χ1) is 16.4. The molecule has 10 nitrogen and oxygen atoms in total. The second kappa shape index (κ2) is 10.6. The van der Waals surface area contributed by atoms with E-state index < -0.39 is 48.8 Å². The van der Waals surface area contributed by atoms with Crippen molar-refractivity contribution in [3.05, 3.63) is 90.4 Å². The van der Waals surface area contributed by atoms with Crippen LogP contribution in [0, 0.1) is 10.1 Å². The fourth-order valence-electron chi connectivity index (χ4n) is 2.88. The highest BCUT2D eigenvalue weighted by atomic mass is 79.9. The Balaban J connectivity index is 2.05. The van der Waals surface area contributed by atoms with E-state index in [2.05, 4.69) is 26.0 Å². The fourth-order valence-corrected chi connectivity index (χ4v) is 4.91. The number of hydrogen-bond acceptors (Lipinski definition) is 8. The van der Waals surface area contributed by atoms with E-state index >= 15 is 0 Å². The molecule has 0 saturated carbocycles. The van der Waals surface area contributed by atoms with Crippen LogP contribution in [-0.4, -0.2) is 32.3 Å². The van der Waals surface area contributed by atoms with E-state index in [4.69, 9.17) is 27.4 Å². The molecule has 3 aromatic carbocycles. The molecule has 0 spiro atoms. The smallest absolute Gasteiger partial charge is 0.346 e. The summed E-state index contributed by atoms with van der Waals surface area (Å²) in [6.45, 7) is 0. The highest BCUT2D eigenvalue weighted by Gasteiger charge is 2.34. The lowest BCUT2D eigenvalue weighted by Gasteiger charge is -2.13. The number of nitrogens with zero attached hydrogens (tertiary/aromatic N) is 1. The molecule has 3 rings (SSSR count). The number of nitrogens with one attached hydrogen (secondary N) is 1. The Bertz CT molecular complexity index is 1460. The topological polar surface area (TPSA) is 142 Å². The third-order valence-corrected chi connectivity index (χ3v) is 6.73. The standard InChI is InChI=1S/C21H13BrCl2N2O8S/c1-33-21(28)13-3-2-4-18(19(13)26(29)30)35(31,32)34-17-8-6-12(23)10-14(17)20(27)25-16-7-5-11(22)9-15(16)24/h2-10H,1H3,(H,25,27). The number of amides is 1. The van der Waals surface area contributed by atoms with Gasteiger partial charge in [0.25, 0.3) is 5.91 Å². The van der Waals surface area contributed by atoms with E-state index in [0.29, 0.717) is 4.47 Å². The number of rotatable bonds is 7. The zero-order valence-electron chi connectivity index (χ0n) is 17.5. The number of ether oxygens (including phenoxy) is 1.